The van der Waals surface area contributed by atoms with Gasteiger partial charge in [-0.2, -0.15) is 5.10 Å². The number of benzene rings is 3. The standard InChI is InChI=1S/C22H20N4O7S/c1-32-20-6-4-3-5-18(20)25-34(30,31)21-13-17(26(28)29)11-12-19(21)24-23-14-15-7-9-16(10-8-15)22(27)33-2/h3-14,24-25H,1-2H3. The Morgan fingerprint density at radius 1 is 1.03 bits per heavy atom. The van der Waals surface area contributed by atoms with Gasteiger partial charge in [-0.25, -0.2) is 13.2 Å². The number of nitrogens with zero attached hydrogens (tertiary/aromatic N) is 2. The third-order valence-electron chi connectivity index (χ3n) is 4.55. The molecule has 34 heavy (non-hydrogen) atoms. The van der Waals surface area contributed by atoms with Crippen molar-refractivity contribution in [3.63, 3.8) is 0 Å². The van der Waals surface area contributed by atoms with E-state index in [4.69, 9.17) is 4.74 Å². The smallest absolute Gasteiger partial charge is 0.337 e. The van der Waals surface area contributed by atoms with Gasteiger partial charge in [-0.1, -0.05) is 24.3 Å². The van der Waals surface area contributed by atoms with Crippen molar-refractivity contribution in [2.75, 3.05) is 24.4 Å². The lowest BCUT2D eigenvalue weighted by Crippen LogP contribution is -2.15. The Labute approximate surface area is 195 Å². The van der Waals surface area contributed by atoms with E-state index in [0.29, 0.717) is 11.1 Å². The van der Waals surface area contributed by atoms with Crippen LogP contribution < -0.4 is 14.9 Å². The molecule has 0 amide bonds. The molecule has 11 nitrogen and oxygen atoms in total. The van der Waals surface area contributed by atoms with Crippen LogP contribution in [0.1, 0.15) is 15.9 Å². The Bertz CT molecular complexity index is 1340. The van der Waals surface area contributed by atoms with Gasteiger partial charge in [0.2, 0.25) is 0 Å². The number of nitro benzene ring substituents is 1. The van der Waals surface area contributed by atoms with Crippen LogP contribution in [0, 0.1) is 10.1 Å². The summed E-state index contributed by atoms with van der Waals surface area (Å²) < 4.78 is 38.4. The molecule has 0 aliphatic carbocycles. The minimum atomic E-state index is -4.27. The number of esters is 1. The SMILES string of the molecule is COC(=O)c1ccc(C=NNc2ccc([N+](=O)[O-])cc2S(=O)(=O)Nc2ccccc2OC)cc1. The maximum atomic E-state index is 13.1. The Balaban J connectivity index is 1.90. The molecule has 0 saturated heterocycles. The summed E-state index contributed by atoms with van der Waals surface area (Å²) in [5.41, 5.74) is 3.34. The molecule has 0 radical (unpaired) electrons. The number of hydrogen-bond acceptors (Lipinski definition) is 9. The second kappa shape index (κ2) is 10.4. The number of carbonyl (C=O) groups excluding carboxylic acids is 1. The average Bonchev–Trinajstić information content (AvgIpc) is 2.84. The molecule has 0 atom stereocenters. The zero-order chi connectivity index (χ0) is 24.7. The molecule has 0 bridgehead atoms. The van der Waals surface area contributed by atoms with Crippen LogP contribution in [0.2, 0.25) is 0 Å². The van der Waals surface area contributed by atoms with Crippen molar-refractivity contribution in [2.24, 2.45) is 5.10 Å². The summed E-state index contributed by atoms with van der Waals surface area (Å²) >= 11 is 0. The first-order valence-corrected chi connectivity index (χ1v) is 11.1. The van der Waals surface area contributed by atoms with Crippen LogP contribution in [0.3, 0.4) is 0 Å². The minimum Gasteiger partial charge on any atom is -0.495 e. The second-order valence-corrected chi connectivity index (χ2v) is 8.38. The van der Waals surface area contributed by atoms with Gasteiger partial charge in [-0.3, -0.25) is 20.3 Å². The average molecular weight is 484 g/mol. The highest BCUT2D eigenvalue weighted by atomic mass is 32.2. The third-order valence-corrected chi connectivity index (χ3v) is 5.95. The molecule has 0 fully saturated rings. The third kappa shape index (κ3) is 5.66. The number of anilines is 2. The van der Waals surface area contributed by atoms with Crippen molar-refractivity contribution < 1.29 is 27.6 Å². The van der Waals surface area contributed by atoms with E-state index in [1.807, 2.05) is 0 Å². The number of nitro groups is 1. The maximum Gasteiger partial charge on any atom is 0.337 e. The van der Waals surface area contributed by atoms with E-state index < -0.39 is 26.6 Å². The monoisotopic (exact) mass is 484 g/mol. The largest absolute Gasteiger partial charge is 0.495 e. The van der Waals surface area contributed by atoms with Crippen molar-refractivity contribution in [3.05, 3.63) is 88.0 Å². The maximum absolute atomic E-state index is 13.1. The molecule has 3 rings (SSSR count). The van der Waals surface area contributed by atoms with E-state index in [2.05, 4.69) is 20.0 Å². The van der Waals surface area contributed by atoms with Gasteiger partial charge in [0.15, 0.2) is 0 Å². The first kappa shape index (κ1) is 24.2. The zero-order valence-electron chi connectivity index (χ0n) is 18.1. The Morgan fingerprint density at radius 3 is 2.38 bits per heavy atom. The van der Waals surface area contributed by atoms with E-state index in [0.717, 1.165) is 12.1 Å². The molecule has 176 valence electrons. The summed E-state index contributed by atoms with van der Waals surface area (Å²) in [5, 5.41) is 15.3. The van der Waals surface area contributed by atoms with Gasteiger partial charge in [0, 0.05) is 12.1 Å². The number of rotatable bonds is 9. The molecule has 12 heteroatoms. The first-order valence-electron chi connectivity index (χ1n) is 9.67. The van der Waals surface area contributed by atoms with Crippen molar-refractivity contribution in [3.8, 4) is 5.75 Å². The number of non-ortho nitro benzene ring substituents is 1. The number of methoxy groups -OCH3 is 2. The van der Waals surface area contributed by atoms with Gasteiger partial charge in [-0.15, -0.1) is 0 Å². The number of sulfonamides is 1. The van der Waals surface area contributed by atoms with Crippen LogP contribution in [-0.4, -0.2) is 39.7 Å². The van der Waals surface area contributed by atoms with E-state index in [9.17, 15) is 23.3 Å². The normalized spacial score (nSPS) is 11.1. The lowest BCUT2D eigenvalue weighted by atomic mass is 10.1. The molecule has 2 N–H and O–H groups in total. The summed E-state index contributed by atoms with van der Waals surface area (Å²) in [6.07, 6.45) is 1.40. The molecule has 3 aromatic carbocycles. The number of carbonyl (C=O) groups is 1. The van der Waals surface area contributed by atoms with Crippen molar-refractivity contribution in [2.45, 2.75) is 4.90 Å². The van der Waals surface area contributed by atoms with Gasteiger partial charge < -0.3 is 9.47 Å². The summed E-state index contributed by atoms with van der Waals surface area (Å²) in [4.78, 5) is 21.7. The van der Waals surface area contributed by atoms with E-state index in [-0.39, 0.29) is 22.0 Å². The van der Waals surface area contributed by atoms with Crippen LogP contribution >= 0.6 is 0 Å². The molecule has 0 aromatic heterocycles. The predicted molar refractivity (Wildman–Crippen MR) is 126 cm³/mol. The Kier molecular flexibility index (Phi) is 7.43. The second-order valence-electron chi connectivity index (χ2n) is 6.73. The number of ether oxygens (including phenoxy) is 2. The topological polar surface area (TPSA) is 149 Å². The van der Waals surface area contributed by atoms with E-state index in [1.54, 1.807) is 42.5 Å². The Morgan fingerprint density at radius 2 is 1.74 bits per heavy atom. The van der Waals surface area contributed by atoms with Gasteiger partial charge >= 0.3 is 5.97 Å². The molecule has 0 spiro atoms. The fraction of sp³-hybridized carbons (Fsp3) is 0.0909. The molecule has 0 aliphatic heterocycles. The highest BCUT2D eigenvalue weighted by molar-refractivity contribution is 7.93. The van der Waals surface area contributed by atoms with Crippen LogP contribution in [0.25, 0.3) is 0 Å². The van der Waals surface area contributed by atoms with Gasteiger partial charge in [-0.05, 0) is 35.9 Å². The molecule has 3 aromatic rings. The summed E-state index contributed by atoms with van der Waals surface area (Å²) in [7, 11) is -1.60. The summed E-state index contributed by atoms with van der Waals surface area (Å²) in [6.45, 7) is 0. The molecule has 0 aliphatic rings. The molecule has 0 saturated carbocycles. The van der Waals surface area contributed by atoms with Gasteiger partial charge in [0.25, 0.3) is 15.7 Å². The van der Waals surface area contributed by atoms with Gasteiger partial charge in [0.1, 0.15) is 10.6 Å². The van der Waals surface area contributed by atoms with E-state index in [1.165, 1.54) is 32.6 Å². The number of hydrogen-bond donors (Lipinski definition) is 2. The minimum absolute atomic E-state index is 0.00966. The van der Waals surface area contributed by atoms with Crippen molar-refractivity contribution in [1.82, 2.24) is 0 Å². The summed E-state index contributed by atoms with van der Waals surface area (Å²) in [5.74, 6) is -0.204. The molecular weight excluding hydrogens is 464 g/mol. The summed E-state index contributed by atoms with van der Waals surface area (Å²) in [6, 6.07) is 16.0. The lowest BCUT2D eigenvalue weighted by Gasteiger charge is -2.14. The van der Waals surface area contributed by atoms with Crippen LogP contribution in [0.4, 0.5) is 17.1 Å². The molecule has 0 unspecified atom stereocenters. The first-order chi connectivity index (χ1) is 16.2. The Hall–Kier alpha value is -4.45. The zero-order valence-corrected chi connectivity index (χ0v) is 18.9. The highest BCUT2D eigenvalue weighted by Gasteiger charge is 2.23. The predicted octanol–water partition coefficient (Wildman–Crippen LogP) is 3.64. The quantitative estimate of drug-likeness (QED) is 0.202. The van der Waals surface area contributed by atoms with Crippen molar-refractivity contribution in [1.29, 1.82) is 0 Å². The van der Waals surface area contributed by atoms with Crippen LogP contribution in [0.5, 0.6) is 5.75 Å². The van der Waals surface area contributed by atoms with Crippen molar-refractivity contribution >= 4 is 39.3 Å². The van der Waals surface area contributed by atoms with Gasteiger partial charge in [0.05, 0.1) is 42.3 Å². The number of hydrazone groups is 1. The number of para-hydroxylation sites is 2. The molecular formula is C22H20N4O7S. The lowest BCUT2D eigenvalue weighted by molar-refractivity contribution is -0.385. The number of nitrogens with one attached hydrogen (secondary N) is 2. The van der Waals surface area contributed by atoms with E-state index >= 15 is 0 Å². The fourth-order valence-corrected chi connectivity index (χ4v) is 4.11. The fourth-order valence-electron chi connectivity index (χ4n) is 2.87. The van der Waals surface area contributed by atoms with Crippen LogP contribution in [0.15, 0.2) is 76.7 Å². The van der Waals surface area contributed by atoms with Crippen LogP contribution in [-0.2, 0) is 14.8 Å². The molecule has 0 heterocycles. The highest BCUT2D eigenvalue weighted by Crippen LogP contribution is 2.31.